The molecule has 2 aliphatic heterocycles. The predicted octanol–water partition coefficient (Wildman–Crippen LogP) is 3.01. The van der Waals surface area contributed by atoms with Gasteiger partial charge in [0.2, 0.25) is 0 Å². The smallest absolute Gasteiger partial charge is 0.0485 e. The zero-order chi connectivity index (χ0) is 12.4. The zero-order valence-corrected chi connectivity index (χ0v) is 11.5. The van der Waals surface area contributed by atoms with E-state index in [2.05, 4.69) is 28.4 Å². The van der Waals surface area contributed by atoms with E-state index in [1.54, 1.807) is 0 Å². The van der Waals surface area contributed by atoms with Gasteiger partial charge in [-0.05, 0) is 69.6 Å². The lowest BCUT2D eigenvalue weighted by molar-refractivity contribution is 0.0777. The van der Waals surface area contributed by atoms with Gasteiger partial charge in [0.25, 0.3) is 0 Å². The summed E-state index contributed by atoms with van der Waals surface area (Å²) in [4.78, 5) is 2.69. The number of rotatable bonds is 2. The van der Waals surface area contributed by atoms with Crippen LogP contribution in [-0.2, 0) is 5.54 Å². The van der Waals surface area contributed by atoms with Crippen LogP contribution < -0.4 is 5.32 Å². The summed E-state index contributed by atoms with van der Waals surface area (Å²) in [5, 5.41) is 4.35. The van der Waals surface area contributed by atoms with Crippen molar-refractivity contribution in [1.29, 1.82) is 0 Å². The van der Waals surface area contributed by atoms with Crippen LogP contribution in [0.25, 0.3) is 0 Å². The molecule has 0 atom stereocenters. The number of nitrogens with zero attached hydrogens (tertiary/aromatic N) is 1. The van der Waals surface area contributed by atoms with Crippen LogP contribution in [-0.4, -0.2) is 31.1 Å². The molecule has 2 aliphatic rings. The Morgan fingerprint density at radius 3 is 2.50 bits per heavy atom. The van der Waals surface area contributed by atoms with Crippen molar-refractivity contribution in [3.8, 4) is 0 Å². The highest BCUT2D eigenvalue weighted by Gasteiger charge is 2.40. The Kier molecular flexibility index (Phi) is 3.60. The van der Waals surface area contributed by atoms with E-state index in [1.165, 1.54) is 44.3 Å². The number of hydrogen-bond donors (Lipinski definition) is 1. The van der Waals surface area contributed by atoms with Crippen molar-refractivity contribution in [2.75, 3.05) is 26.2 Å². The van der Waals surface area contributed by atoms with Crippen LogP contribution in [0.1, 0.15) is 31.2 Å². The molecule has 0 unspecified atom stereocenters. The number of nitrogens with one attached hydrogen (secondary N) is 1. The molecular formula is C15H21ClN2. The van der Waals surface area contributed by atoms with Crippen LogP contribution in [0.4, 0.5) is 0 Å². The second kappa shape index (κ2) is 5.20. The van der Waals surface area contributed by atoms with Crippen LogP contribution >= 0.6 is 11.6 Å². The number of halogens is 1. The van der Waals surface area contributed by atoms with E-state index in [1.807, 2.05) is 6.07 Å². The molecule has 2 fully saturated rings. The second-order valence-corrected chi connectivity index (χ2v) is 5.92. The number of benzene rings is 1. The third-order valence-electron chi connectivity index (χ3n) is 4.50. The van der Waals surface area contributed by atoms with E-state index in [9.17, 15) is 0 Å². The monoisotopic (exact) mass is 264 g/mol. The summed E-state index contributed by atoms with van der Waals surface area (Å²) in [6.07, 6.45) is 5.09. The highest BCUT2D eigenvalue weighted by atomic mass is 35.5. The highest BCUT2D eigenvalue weighted by molar-refractivity contribution is 6.30. The van der Waals surface area contributed by atoms with Gasteiger partial charge in [0, 0.05) is 10.6 Å². The molecule has 3 heteroatoms. The van der Waals surface area contributed by atoms with Crippen LogP contribution in [0, 0.1) is 0 Å². The molecule has 2 nitrogen and oxygen atoms in total. The lowest BCUT2D eigenvalue weighted by Crippen LogP contribution is -2.51. The van der Waals surface area contributed by atoms with Crippen molar-refractivity contribution in [1.82, 2.24) is 10.2 Å². The SMILES string of the molecule is Clc1cccc(C2(N3CCCC3)CCNCC2)c1. The Hall–Kier alpha value is -0.570. The maximum atomic E-state index is 6.20. The largest absolute Gasteiger partial charge is 0.317 e. The van der Waals surface area contributed by atoms with Crippen molar-refractivity contribution >= 4 is 11.6 Å². The maximum Gasteiger partial charge on any atom is 0.0485 e. The summed E-state index contributed by atoms with van der Waals surface area (Å²) in [6, 6.07) is 8.50. The Labute approximate surface area is 114 Å². The fraction of sp³-hybridized carbons (Fsp3) is 0.600. The van der Waals surface area contributed by atoms with Gasteiger partial charge in [-0.15, -0.1) is 0 Å². The lowest BCUT2D eigenvalue weighted by Gasteiger charge is -2.45. The second-order valence-electron chi connectivity index (χ2n) is 5.49. The average Bonchev–Trinajstić information content (AvgIpc) is 2.94. The van der Waals surface area contributed by atoms with Crippen LogP contribution in [0.5, 0.6) is 0 Å². The third-order valence-corrected chi connectivity index (χ3v) is 4.74. The summed E-state index contributed by atoms with van der Waals surface area (Å²) >= 11 is 6.20. The molecule has 0 spiro atoms. The van der Waals surface area contributed by atoms with E-state index in [4.69, 9.17) is 11.6 Å². The topological polar surface area (TPSA) is 15.3 Å². The Morgan fingerprint density at radius 2 is 1.83 bits per heavy atom. The summed E-state index contributed by atoms with van der Waals surface area (Å²) in [5.74, 6) is 0. The van der Waals surface area contributed by atoms with Crippen molar-refractivity contribution < 1.29 is 0 Å². The standard InChI is InChI=1S/C15H21ClN2/c16-14-5-3-4-13(12-14)15(6-8-17-9-7-15)18-10-1-2-11-18/h3-5,12,17H,1-2,6-11H2. The van der Waals surface area contributed by atoms with Gasteiger partial charge >= 0.3 is 0 Å². The molecule has 2 saturated heterocycles. The van der Waals surface area contributed by atoms with Gasteiger partial charge in [-0.2, -0.15) is 0 Å². The van der Waals surface area contributed by atoms with Crippen molar-refractivity contribution in [2.45, 2.75) is 31.2 Å². The number of piperidine rings is 1. The summed E-state index contributed by atoms with van der Waals surface area (Å²) in [6.45, 7) is 4.71. The minimum absolute atomic E-state index is 0.229. The number of likely N-dealkylation sites (tertiary alicyclic amines) is 1. The molecule has 18 heavy (non-hydrogen) atoms. The van der Waals surface area contributed by atoms with Gasteiger partial charge in [0.15, 0.2) is 0 Å². The molecule has 1 N–H and O–H groups in total. The van der Waals surface area contributed by atoms with Gasteiger partial charge in [-0.25, -0.2) is 0 Å². The first kappa shape index (κ1) is 12.5. The van der Waals surface area contributed by atoms with Crippen molar-refractivity contribution in [3.63, 3.8) is 0 Å². The van der Waals surface area contributed by atoms with Gasteiger partial charge in [-0.1, -0.05) is 23.7 Å². The Morgan fingerprint density at radius 1 is 1.11 bits per heavy atom. The first-order chi connectivity index (χ1) is 8.81. The summed E-state index contributed by atoms with van der Waals surface area (Å²) in [5.41, 5.74) is 1.64. The third kappa shape index (κ3) is 2.18. The maximum absolute atomic E-state index is 6.20. The Balaban J connectivity index is 1.98. The fourth-order valence-electron chi connectivity index (χ4n) is 3.55. The molecule has 98 valence electrons. The van der Waals surface area contributed by atoms with Gasteiger partial charge in [-0.3, -0.25) is 4.90 Å². The van der Waals surface area contributed by atoms with Crippen LogP contribution in [0.15, 0.2) is 24.3 Å². The van der Waals surface area contributed by atoms with Gasteiger partial charge in [0.1, 0.15) is 0 Å². The molecule has 0 aliphatic carbocycles. The molecule has 3 rings (SSSR count). The summed E-state index contributed by atoms with van der Waals surface area (Å²) in [7, 11) is 0. The molecule has 1 aromatic rings. The first-order valence-electron chi connectivity index (χ1n) is 7.03. The first-order valence-corrected chi connectivity index (χ1v) is 7.41. The number of hydrogen-bond acceptors (Lipinski definition) is 2. The normalized spacial score (nSPS) is 24.3. The van der Waals surface area contributed by atoms with Gasteiger partial charge in [0.05, 0.1) is 0 Å². The molecule has 0 radical (unpaired) electrons. The summed E-state index contributed by atoms with van der Waals surface area (Å²) < 4.78 is 0. The van der Waals surface area contributed by atoms with Crippen molar-refractivity contribution in [2.24, 2.45) is 0 Å². The molecule has 0 saturated carbocycles. The molecule has 0 amide bonds. The van der Waals surface area contributed by atoms with Crippen LogP contribution in [0.3, 0.4) is 0 Å². The Bertz CT molecular complexity index is 407. The van der Waals surface area contributed by atoms with E-state index in [-0.39, 0.29) is 5.54 Å². The predicted molar refractivity (Wildman–Crippen MR) is 76.0 cm³/mol. The molecule has 0 aromatic heterocycles. The van der Waals surface area contributed by atoms with E-state index >= 15 is 0 Å². The lowest BCUT2D eigenvalue weighted by atomic mass is 9.80. The van der Waals surface area contributed by atoms with E-state index in [0.717, 1.165) is 18.1 Å². The fourth-order valence-corrected chi connectivity index (χ4v) is 3.74. The highest BCUT2D eigenvalue weighted by Crippen LogP contribution is 2.39. The van der Waals surface area contributed by atoms with Crippen LogP contribution in [0.2, 0.25) is 5.02 Å². The molecular weight excluding hydrogens is 244 g/mol. The van der Waals surface area contributed by atoms with Gasteiger partial charge < -0.3 is 5.32 Å². The average molecular weight is 265 g/mol. The van der Waals surface area contributed by atoms with E-state index in [0.29, 0.717) is 0 Å². The zero-order valence-electron chi connectivity index (χ0n) is 10.8. The molecule has 0 bridgehead atoms. The minimum Gasteiger partial charge on any atom is -0.317 e. The quantitative estimate of drug-likeness (QED) is 0.883. The molecule has 2 heterocycles. The van der Waals surface area contributed by atoms with E-state index < -0.39 is 0 Å². The van der Waals surface area contributed by atoms with Crippen molar-refractivity contribution in [3.05, 3.63) is 34.9 Å². The molecule has 1 aromatic carbocycles. The minimum atomic E-state index is 0.229.